The fourth-order valence-corrected chi connectivity index (χ4v) is 1.65. The van der Waals surface area contributed by atoms with Crippen LogP contribution in [0.4, 0.5) is 0 Å². The van der Waals surface area contributed by atoms with E-state index in [-0.39, 0.29) is 0 Å². The summed E-state index contributed by atoms with van der Waals surface area (Å²) in [5.74, 6) is 2.01. The maximum absolute atomic E-state index is 5.56. The summed E-state index contributed by atoms with van der Waals surface area (Å²) < 4.78 is 11.1. The van der Waals surface area contributed by atoms with Crippen LogP contribution < -0.4 is 0 Å². The van der Waals surface area contributed by atoms with Gasteiger partial charge >= 0.3 is 0 Å². The molecule has 1 heterocycles. The predicted molar refractivity (Wildman–Crippen MR) is 46.5 cm³/mol. The van der Waals surface area contributed by atoms with Gasteiger partial charge in [-0.25, -0.2) is 0 Å². The summed E-state index contributed by atoms with van der Waals surface area (Å²) in [7, 11) is 0. The maximum Gasteiger partial charge on any atom is 0.160 e. The molecule has 0 spiro atoms. The van der Waals surface area contributed by atoms with Gasteiger partial charge in [-0.05, 0) is 37.8 Å². The van der Waals surface area contributed by atoms with E-state index >= 15 is 0 Å². The lowest BCUT2D eigenvalue weighted by molar-refractivity contribution is 0.0531. The van der Waals surface area contributed by atoms with E-state index in [9.17, 15) is 0 Å². The van der Waals surface area contributed by atoms with Crippen molar-refractivity contribution in [3.63, 3.8) is 0 Å². The van der Waals surface area contributed by atoms with Crippen molar-refractivity contribution >= 4 is 0 Å². The zero-order valence-electron chi connectivity index (χ0n) is 7.64. The minimum Gasteiger partial charge on any atom is -0.486 e. The predicted octanol–water partition coefficient (Wildman–Crippen LogP) is 2.38. The average molecular weight is 166 g/mol. The number of rotatable bonds is 0. The number of hydrogen-bond donors (Lipinski definition) is 0. The standard InChI is InChI=1S/C10H14O2/c1-7-3-4-8(2)10-9(7)11-5-6-12-10/h3-6H2,1-2H3. The smallest absolute Gasteiger partial charge is 0.160 e. The molecule has 2 rings (SSSR count). The minimum absolute atomic E-state index is 0.698. The highest BCUT2D eigenvalue weighted by Gasteiger charge is 2.23. The van der Waals surface area contributed by atoms with Crippen LogP contribution in [0.15, 0.2) is 22.7 Å². The molecule has 0 N–H and O–H groups in total. The van der Waals surface area contributed by atoms with Crippen LogP contribution in [0.25, 0.3) is 0 Å². The summed E-state index contributed by atoms with van der Waals surface area (Å²) in [6, 6.07) is 0. The molecular weight excluding hydrogens is 152 g/mol. The number of fused-ring (bicyclic) bond motifs is 1. The van der Waals surface area contributed by atoms with E-state index in [0.717, 1.165) is 24.4 Å². The van der Waals surface area contributed by atoms with E-state index < -0.39 is 0 Å². The lowest BCUT2D eigenvalue weighted by Gasteiger charge is -2.27. The van der Waals surface area contributed by atoms with Gasteiger partial charge in [-0.2, -0.15) is 0 Å². The van der Waals surface area contributed by atoms with Gasteiger partial charge in [-0.3, -0.25) is 0 Å². The Hall–Kier alpha value is -0.920. The molecule has 0 saturated carbocycles. The van der Waals surface area contributed by atoms with Gasteiger partial charge < -0.3 is 9.47 Å². The van der Waals surface area contributed by atoms with Gasteiger partial charge in [0.15, 0.2) is 11.5 Å². The van der Waals surface area contributed by atoms with Gasteiger partial charge in [0.25, 0.3) is 0 Å². The molecule has 2 heteroatoms. The fraction of sp³-hybridized carbons (Fsp3) is 0.600. The first kappa shape index (κ1) is 7.71. The molecule has 1 aliphatic carbocycles. The van der Waals surface area contributed by atoms with Gasteiger partial charge in [-0.15, -0.1) is 0 Å². The van der Waals surface area contributed by atoms with E-state index in [4.69, 9.17) is 9.47 Å². The molecular formula is C10H14O2. The maximum atomic E-state index is 5.56. The molecule has 12 heavy (non-hydrogen) atoms. The molecule has 2 aliphatic rings. The highest BCUT2D eigenvalue weighted by molar-refractivity contribution is 5.34. The monoisotopic (exact) mass is 166 g/mol. The normalized spacial score (nSPS) is 23.2. The topological polar surface area (TPSA) is 18.5 Å². The first-order chi connectivity index (χ1) is 5.79. The summed E-state index contributed by atoms with van der Waals surface area (Å²) in [6.45, 7) is 5.64. The van der Waals surface area contributed by atoms with Gasteiger partial charge in [0.05, 0.1) is 0 Å². The molecule has 2 nitrogen and oxygen atoms in total. The Balaban J connectivity index is 2.37. The van der Waals surface area contributed by atoms with Crippen molar-refractivity contribution in [3.05, 3.63) is 22.7 Å². The molecule has 0 atom stereocenters. The third kappa shape index (κ3) is 1.11. The van der Waals surface area contributed by atoms with Crippen molar-refractivity contribution in [1.82, 2.24) is 0 Å². The third-order valence-corrected chi connectivity index (χ3v) is 2.43. The Morgan fingerprint density at radius 3 is 1.67 bits per heavy atom. The number of ether oxygens (including phenoxy) is 2. The van der Waals surface area contributed by atoms with Crippen LogP contribution in [0, 0.1) is 0 Å². The molecule has 0 radical (unpaired) electrons. The van der Waals surface area contributed by atoms with E-state index in [2.05, 4.69) is 13.8 Å². The first-order valence-electron chi connectivity index (χ1n) is 4.44. The molecule has 1 fully saturated rings. The summed E-state index contributed by atoms with van der Waals surface area (Å²) in [4.78, 5) is 0. The Morgan fingerprint density at radius 1 is 0.833 bits per heavy atom. The van der Waals surface area contributed by atoms with Gasteiger partial charge in [0, 0.05) is 0 Å². The van der Waals surface area contributed by atoms with E-state index in [1.54, 1.807) is 0 Å². The molecule has 0 aromatic carbocycles. The van der Waals surface area contributed by atoms with Crippen LogP contribution >= 0.6 is 0 Å². The van der Waals surface area contributed by atoms with Crippen LogP contribution in [-0.4, -0.2) is 13.2 Å². The van der Waals surface area contributed by atoms with Gasteiger partial charge in [0.2, 0.25) is 0 Å². The first-order valence-corrected chi connectivity index (χ1v) is 4.44. The van der Waals surface area contributed by atoms with Crippen LogP contribution in [0.5, 0.6) is 0 Å². The Kier molecular flexibility index (Phi) is 1.83. The Bertz CT molecular complexity index is 233. The second-order valence-corrected chi connectivity index (χ2v) is 3.42. The Morgan fingerprint density at radius 2 is 1.25 bits per heavy atom. The van der Waals surface area contributed by atoms with Crippen molar-refractivity contribution in [3.8, 4) is 0 Å². The third-order valence-electron chi connectivity index (χ3n) is 2.43. The molecule has 0 aromatic heterocycles. The van der Waals surface area contributed by atoms with Crippen molar-refractivity contribution in [2.75, 3.05) is 13.2 Å². The van der Waals surface area contributed by atoms with Crippen LogP contribution in [0.2, 0.25) is 0 Å². The second kappa shape index (κ2) is 2.85. The Labute approximate surface area is 72.9 Å². The molecule has 0 aromatic rings. The summed E-state index contributed by atoms with van der Waals surface area (Å²) >= 11 is 0. The minimum atomic E-state index is 0.698. The molecule has 1 saturated heterocycles. The SMILES string of the molecule is CC1=C2OCCOC2=C(C)CC1. The van der Waals surface area contributed by atoms with Gasteiger partial charge in [0.1, 0.15) is 13.2 Å². The zero-order chi connectivity index (χ0) is 8.55. The van der Waals surface area contributed by atoms with Gasteiger partial charge in [-0.1, -0.05) is 0 Å². The summed E-state index contributed by atoms with van der Waals surface area (Å²) in [5, 5.41) is 0. The van der Waals surface area contributed by atoms with E-state index in [0.29, 0.717) is 13.2 Å². The molecule has 66 valence electrons. The molecule has 0 unspecified atom stereocenters. The lowest BCUT2D eigenvalue weighted by Crippen LogP contribution is -2.18. The summed E-state index contributed by atoms with van der Waals surface area (Å²) in [5.41, 5.74) is 2.66. The average Bonchev–Trinajstić information content (AvgIpc) is 2.12. The lowest BCUT2D eigenvalue weighted by atomic mass is 9.97. The van der Waals surface area contributed by atoms with Crippen LogP contribution in [0.1, 0.15) is 26.7 Å². The number of allylic oxidation sites excluding steroid dienone is 2. The highest BCUT2D eigenvalue weighted by Crippen LogP contribution is 2.33. The molecule has 0 amide bonds. The number of hydrogen-bond acceptors (Lipinski definition) is 2. The summed E-state index contributed by atoms with van der Waals surface area (Å²) in [6.07, 6.45) is 2.24. The van der Waals surface area contributed by atoms with Crippen molar-refractivity contribution in [2.24, 2.45) is 0 Å². The zero-order valence-corrected chi connectivity index (χ0v) is 7.64. The largest absolute Gasteiger partial charge is 0.486 e. The van der Waals surface area contributed by atoms with Crippen molar-refractivity contribution in [1.29, 1.82) is 0 Å². The molecule has 0 bridgehead atoms. The quantitative estimate of drug-likeness (QED) is 0.550. The van der Waals surface area contributed by atoms with E-state index in [1.165, 1.54) is 11.1 Å². The molecule has 1 aliphatic heterocycles. The van der Waals surface area contributed by atoms with Crippen molar-refractivity contribution < 1.29 is 9.47 Å². The van der Waals surface area contributed by atoms with Crippen molar-refractivity contribution in [2.45, 2.75) is 26.7 Å². The van der Waals surface area contributed by atoms with Crippen LogP contribution in [-0.2, 0) is 9.47 Å². The highest BCUT2D eigenvalue weighted by atomic mass is 16.6. The fourth-order valence-electron chi connectivity index (χ4n) is 1.65. The van der Waals surface area contributed by atoms with Crippen LogP contribution in [0.3, 0.4) is 0 Å². The van der Waals surface area contributed by atoms with E-state index in [1.807, 2.05) is 0 Å². The second-order valence-electron chi connectivity index (χ2n) is 3.42.